The molecule has 3 aromatic rings. The number of nitrogens with zero attached hydrogens (tertiary/aromatic N) is 3. The van der Waals surface area contributed by atoms with E-state index in [0.29, 0.717) is 45.7 Å². The minimum Gasteiger partial charge on any atom is -0.474 e. The molecule has 2 aliphatic rings. The first kappa shape index (κ1) is 20.4. The van der Waals surface area contributed by atoms with Crippen molar-refractivity contribution in [2.45, 2.75) is 38.3 Å². The maximum absolute atomic E-state index is 13.7. The van der Waals surface area contributed by atoms with Crippen LogP contribution in [0, 0.1) is 34.9 Å². The molecule has 0 bridgehead atoms. The van der Waals surface area contributed by atoms with Gasteiger partial charge in [0.1, 0.15) is 18.2 Å². The summed E-state index contributed by atoms with van der Waals surface area (Å²) in [6.45, 7) is 2.09. The maximum Gasteiger partial charge on any atom is 0.251 e. The van der Waals surface area contributed by atoms with Crippen LogP contribution in [0.15, 0.2) is 48.8 Å². The first-order valence-corrected chi connectivity index (χ1v) is 10.9. The predicted octanol–water partition coefficient (Wildman–Crippen LogP) is 4.25. The number of amides is 1. The SMILES string of the molecule is CCC(NC(=O)c1ccc(C#N)cc1)C1C2CC(Oc3ncnc4ccc(F)cc34)CC21. The third-order valence-electron chi connectivity index (χ3n) is 6.80. The van der Waals surface area contributed by atoms with Crippen LogP contribution >= 0.6 is 0 Å². The van der Waals surface area contributed by atoms with Gasteiger partial charge in [0.25, 0.3) is 5.91 Å². The Morgan fingerprint density at radius 3 is 2.66 bits per heavy atom. The van der Waals surface area contributed by atoms with Crippen LogP contribution in [0.3, 0.4) is 0 Å². The number of fused-ring (bicyclic) bond motifs is 2. The largest absolute Gasteiger partial charge is 0.474 e. The minimum absolute atomic E-state index is 0.0364. The molecular formula is C25H23FN4O2. The molecule has 7 heteroatoms. The molecule has 3 atom stereocenters. The van der Waals surface area contributed by atoms with Crippen molar-refractivity contribution in [1.29, 1.82) is 5.26 Å². The smallest absolute Gasteiger partial charge is 0.251 e. The Labute approximate surface area is 185 Å². The Morgan fingerprint density at radius 1 is 1.22 bits per heavy atom. The van der Waals surface area contributed by atoms with Crippen LogP contribution in [-0.4, -0.2) is 28.0 Å². The second-order valence-electron chi connectivity index (χ2n) is 8.63. The van der Waals surface area contributed by atoms with Crippen molar-refractivity contribution < 1.29 is 13.9 Å². The Balaban J connectivity index is 1.20. The normalized spacial score (nSPS) is 24.4. The summed E-state index contributed by atoms with van der Waals surface area (Å²) >= 11 is 0. The van der Waals surface area contributed by atoms with Crippen molar-refractivity contribution >= 4 is 16.8 Å². The fourth-order valence-corrected chi connectivity index (χ4v) is 5.21. The van der Waals surface area contributed by atoms with Gasteiger partial charge in [-0.3, -0.25) is 4.79 Å². The summed E-state index contributed by atoms with van der Waals surface area (Å²) in [4.78, 5) is 21.1. The molecule has 5 rings (SSSR count). The Bertz CT molecular complexity index is 1190. The van der Waals surface area contributed by atoms with Gasteiger partial charge < -0.3 is 10.1 Å². The molecule has 162 valence electrons. The summed E-state index contributed by atoms with van der Waals surface area (Å²) in [7, 11) is 0. The maximum atomic E-state index is 13.7. The van der Waals surface area contributed by atoms with Crippen molar-refractivity contribution in [2.24, 2.45) is 17.8 Å². The molecule has 2 fully saturated rings. The lowest BCUT2D eigenvalue weighted by molar-refractivity contribution is 0.0924. The zero-order valence-electron chi connectivity index (χ0n) is 17.7. The van der Waals surface area contributed by atoms with Gasteiger partial charge in [0, 0.05) is 11.6 Å². The second kappa shape index (κ2) is 8.19. The van der Waals surface area contributed by atoms with Crippen molar-refractivity contribution in [1.82, 2.24) is 15.3 Å². The van der Waals surface area contributed by atoms with Gasteiger partial charge in [-0.2, -0.15) is 5.26 Å². The van der Waals surface area contributed by atoms with Gasteiger partial charge in [-0.1, -0.05) is 6.92 Å². The molecule has 6 nitrogen and oxygen atoms in total. The molecule has 0 aliphatic heterocycles. The molecule has 0 saturated heterocycles. The zero-order chi connectivity index (χ0) is 22.2. The number of hydrogen-bond acceptors (Lipinski definition) is 5. The van der Waals surface area contributed by atoms with Crippen molar-refractivity contribution in [3.05, 3.63) is 65.7 Å². The molecule has 0 radical (unpaired) electrons. The van der Waals surface area contributed by atoms with E-state index in [-0.39, 0.29) is 23.9 Å². The number of carbonyl (C=O) groups is 1. The summed E-state index contributed by atoms with van der Waals surface area (Å²) in [5.41, 5.74) is 1.77. The molecule has 32 heavy (non-hydrogen) atoms. The molecule has 1 N–H and O–H groups in total. The van der Waals surface area contributed by atoms with Gasteiger partial charge in [0.05, 0.1) is 22.5 Å². The lowest BCUT2D eigenvalue weighted by atomic mass is 10.00. The van der Waals surface area contributed by atoms with Crippen LogP contribution in [0.25, 0.3) is 10.9 Å². The number of aromatic nitrogens is 2. The van der Waals surface area contributed by atoms with E-state index in [1.165, 1.54) is 18.5 Å². The van der Waals surface area contributed by atoms with E-state index in [1.54, 1.807) is 30.3 Å². The first-order valence-electron chi connectivity index (χ1n) is 10.9. The fourth-order valence-electron chi connectivity index (χ4n) is 5.21. The monoisotopic (exact) mass is 430 g/mol. The van der Waals surface area contributed by atoms with Gasteiger partial charge in [-0.25, -0.2) is 14.4 Å². The van der Waals surface area contributed by atoms with E-state index in [9.17, 15) is 9.18 Å². The molecular weight excluding hydrogens is 407 g/mol. The first-order chi connectivity index (χ1) is 15.6. The summed E-state index contributed by atoms with van der Waals surface area (Å²) in [5.74, 6) is 1.45. The number of nitriles is 1. The van der Waals surface area contributed by atoms with E-state index in [1.807, 2.05) is 0 Å². The molecule has 2 saturated carbocycles. The van der Waals surface area contributed by atoms with Crippen molar-refractivity contribution in [3.8, 4) is 11.9 Å². The van der Waals surface area contributed by atoms with Crippen molar-refractivity contribution in [3.63, 3.8) is 0 Å². The number of rotatable bonds is 6. The van der Waals surface area contributed by atoms with Gasteiger partial charge in [-0.05, 0) is 79.5 Å². The van der Waals surface area contributed by atoms with Crippen LogP contribution < -0.4 is 10.1 Å². The second-order valence-corrected chi connectivity index (χ2v) is 8.63. The van der Waals surface area contributed by atoms with Gasteiger partial charge in [0.15, 0.2) is 0 Å². The molecule has 1 aromatic heterocycles. The standard InChI is InChI=1S/C25H23FN4O2/c1-2-21(30-24(31)15-5-3-14(12-27)4-6-15)23-18-10-17(11-19(18)23)32-25-20-9-16(26)7-8-22(20)28-13-29-25/h3-9,13,17-19,21,23H,2,10-11H2,1H3,(H,30,31). The zero-order valence-corrected chi connectivity index (χ0v) is 17.7. The van der Waals surface area contributed by atoms with E-state index in [0.717, 1.165) is 19.3 Å². The highest BCUT2D eigenvalue weighted by Crippen LogP contribution is 2.60. The minimum atomic E-state index is -0.338. The highest BCUT2D eigenvalue weighted by Gasteiger charge is 2.59. The summed E-state index contributed by atoms with van der Waals surface area (Å²) in [6.07, 6.45) is 4.15. The van der Waals surface area contributed by atoms with Crippen LogP contribution in [0.4, 0.5) is 4.39 Å². The number of benzene rings is 2. The molecule has 2 aromatic carbocycles. The van der Waals surface area contributed by atoms with E-state index in [4.69, 9.17) is 10.00 Å². The van der Waals surface area contributed by atoms with E-state index in [2.05, 4.69) is 28.3 Å². The van der Waals surface area contributed by atoms with Gasteiger partial charge in [-0.15, -0.1) is 0 Å². The molecule has 3 unspecified atom stereocenters. The molecule has 0 spiro atoms. The Kier molecular flexibility index (Phi) is 5.22. The number of carbonyl (C=O) groups excluding carboxylic acids is 1. The van der Waals surface area contributed by atoms with Crippen LogP contribution in [0.2, 0.25) is 0 Å². The third-order valence-corrected chi connectivity index (χ3v) is 6.80. The van der Waals surface area contributed by atoms with Crippen LogP contribution in [-0.2, 0) is 0 Å². The molecule has 1 heterocycles. The third kappa shape index (κ3) is 3.77. The number of halogens is 1. The average molecular weight is 430 g/mol. The number of hydrogen-bond donors (Lipinski definition) is 1. The average Bonchev–Trinajstić information content (AvgIpc) is 3.31. The number of nitrogens with one attached hydrogen (secondary N) is 1. The van der Waals surface area contributed by atoms with Crippen molar-refractivity contribution in [2.75, 3.05) is 0 Å². The van der Waals surface area contributed by atoms with E-state index < -0.39 is 0 Å². The summed E-state index contributed by atoms with van der Waals surface area (Å²) < 4.78 is 19.8. The van der Waals surface area contributed by atoms with Gasteiger partial charge >= 0.3 is 0 Å². The Morgan fingerprint density at radius 2 is 1.97 bits per heavy atom. The fraction of sp³-hybridized carbons (Fsp3) is 0.360. The lowest BCUT2D eigenvalue weighted by Gasteiger charge is -2.22. The molecule has 2 aliphatic carbocycles. The highest BCUT2D eigenvalue weighted by molar-refractivity contribution is 5.94. The molecule has 1 amide bonds. The number of ether oxygens (including phenoxy) is 1. The topological polar surface area (TPSA) is 87.9 Å². The highest BCUT2D eigenvalue weighted by atomic mass is 19.1. The Hall–Kier alpha value is -3.53. The van der Waals surface area contributed by atoms with E-state index >= 15 is 0 Å². The van der Waals surface area contributed by atoms with Gasteiger partial charge in [0.2, 0.25) is 5.88 Å². The quantitative estimate of drug-likeness (QED) is 0.632. The van der Waals surface area contributed by atoms with Crippen LogP contribution in [0.5, 0.6) is 5.88 Å². The summed E-state index contributed by atoms with van der Waals surface area (Å²) in [6, 6.07) is 13.3. The summed E-state index contributed by atoms with van der Waals surface area (Å²) in [5, 5.41) is 12.7. The lowest BCUT2D eigenvalue weighted by Crippen LogP contribution is -2.37. The predicted molar refractivity (Wildman–Crippen MR) is 116 cm³/mol. The van der Waals surface area contributed by atoms with Crippen LogP contribution in [0.1, 0.15) is 42.1 Å².